The van der Waals surface area contributed by atoms with Gasteiger partial charge in [-0.2, -0.15) is 0 Å². The maximum absolute atomic E-state index is 11.6. The smallest absolute Gasteiger partial charge is 0.263 e. The molecule has 0 radical (unpaired) electrons. The van der Waals surface area contributed by atoms with Gasteiger partial charge in [0.2, 0.25) is 0 Å². The van der Waals surface area contributed by atoms with Crippen molar-refractivity contribution in [2.24, 2.45) is 11.3 Å². The van der Waals surface area contributed by atoms with Crippen molar-refractivity contribution in [3.05, 3.63) is 10.9 Å². The van der Waals surface area contributed by atoms with E-state index in [1.807, 2.05) is 6.07 Å². The molecule has 0 bridgehead atoms. The van der Waals surface area contributed by atoms with Gasteiger partial charge in [0.25, 0.3) is 5.91 Å². The molecule has 0 saturated heterocycles. The third-order valence-corrected chi connectivity index (χ3v) is 5.03. The fourth-order valence-electron chi connectivity index (χ4n) is 2.17. The molecule has 1 aromatic heterocycles. The largest absolute Gasteiger partial charge is 0.397 e. The Hall–Kier alpha value is -1.23. The molecule has 0 spiro atoms. The number of nitrogen functional groups attached to an aromatic ring is 1. The van der Waals surface area contributed by atoms with Crippen LogP contribution < -0.4 is 16.4 Å². The third kappa shape index (κ3) is 2.46. The van der Waals surface area contributed by atoms with Gasteiger partial charge >= 0.3 is 0 Å². The third-order valence-electron chi connectivity index (χ3n) is 3.93. The second-order valence-electron chi connectivity index (χ2n) is 5.34. The fourth-order valence-corrected chi connectivity index (χ4v) is 3.09. The number of carbonyl (C=O) groups is 1. The minimum Gasteiger partial charge on any atom is -0.397 e. The van der Waals surface area contributed by atoms with E-state index in [1.54, 1.807) is 7.05 Å². The molecule has 18 heavy (non-hydrogen) atoms. The summed E-state index contributed by atoms with van der Waals surface area (Å²) in [5.41, 5.74) is 6.84. The molecule has 5 heteroatoms. The number of hydrogen-bond donors (Lipinski definition) is 3. The first-order chi connectivity index (χ1) is 8.48. The summed E-state index contributed by atoms with van der Waals surface area (Å²) in [6.07, 6.45) is 2.58. The molecule has 1 aliphatic rings. The molecule has 1 amide bonds. The molecular weight excluding hydrogens is 246 g/mol. The van der Waals surface area contributed by atoms with E-state index in [0.29, 0.717) is 21.9 Å². The predicted octanol–water partition coefficient (Wildman–Crippen LogP) is 2.54. The molecule has 2 rings (SSSR count). The van der Waals surface area contributed by atoms with Crippen molar-refractivity contribution in [3.8, 4) is 0 Å². The van der Waals surface area contributed by atoms with Crippen molar-refractivity contribution in [1.29, 1.82) is 0 Å². The van der Waals surface area contributed by atoms with Gasteiger partial charge in [-0.25, -0.2) is 0 Å². The lowest BCUT2D eigenvalue weighted by Gasteiger charge is -2.19. The highest BCUT2D eigenvalue weighted by Crippen LogP contribution is 2.52. The second-order valence-corrected chi connectivity index (χ2v) is 6.40. The van der Waals surface area contributed by atoms with Crippen LogP contribution in [0.4, 0.5) is 10.7 Å². The SMILES string of the molecule is CNC(=O)c1sc(NCC2(C(C)C)CC2)cc1N. The van der Waals surface area contributed by atoms with Crippen molar-refractivity contribution in [3.63, 3.8) is 0 Å². The standard InChI is InChI=1S/C13H21N3OS/c1-8(2)13(4-5-13)7-16-10-6-9(14)11(18-10)12(17)15-3/h6,8,16H,4-5,7,14H2,1-3H3,(H,15,17). The maximum Gasteiger partial charge on any atom is 0.263 e. The van der Waals surface area contributed by atoms with Crippen molar-refractivity contribution in [2.45, 2.75) is 26.7 Å². The number of thiophene rings is 1. The van der Waals surface area contributed by atoms with Gasteiger partial charge in [0.1, 0.15) is 4.88 Å². The highest BCUT2D eigenvalue weighted by Gasteiger charge is 2.44. The van der Waals surface area contributed by atoms with Gasteiger partial charge in [-0.3, -0.25) is 4.79 Å². The summed E-state index contributed by atoms with van der Waals surface area (Å²) in [6, 6.07) is 1.85. The van der Waals surface area contributed by atoms with Gasteiger partial charge < -0.3 is 16.4 Å². The van der Waals surface area contributed by atoms with Gasteiger partial charge in [0, 0.05) is 13.6 Å². The summed E-state index contributed by atoms with van der Waals surface area (Å²) in [7, 11) is 1.62. The van der Waals surface area contributed by atoms with Crippen LogP contribution in [0.2, 0.25) is 0 Å². The summed E-state index contributed by atoms with van der Waals surface area (Å²) < 4.78 is 0. The average molecular weight is 267 g/mol. The Balaban J connectivity index is 2.01. The van der Waals surface area contributed by atoms with Crippen LogP contribution in [0.15, 0.2) is 6.07 Å². The molecule has 0 unspecified atom stereocenters. The summed E-state index contributed by atoms with van der Waals surface area (Å²) in [5.74, 6) is 0.580. The van der Waals surface area contributed by atoms with E-state index in [0.717, 1.165) is 11.5 Å². The summed E-state index contributed by atoms with van der Waals surface area (Å²) in [6.45, 7) is 5.51. The number of nitrogens with two attached hydrogens (primary N) is 1. The van der Waals surface area contributed by atoms with Crippen molar-refractivity contribution in [1.82, 2.24) is 5.32 Å². The summed E-state index contributed by atoms with van der Waals surface area (Å²) in [4.78, 5) is 12.2. The first kappa shape index (κ1) is 13.2. The van der Waals surface area contributed by atoms with Crippen molar-refractivity contribution >= 4 is 27.9 Å². The van der Waals surface area contributed by atoms with Gasteiger partial charge in [0.15, 0.2) is 0 Å². The zero-order valence-electron chi connectivity index (χ0n) is 11.2. The van der Waals surface area contributed by atoms with Crippen LogP contribution in [0.3, 0.4) is 0 Å². The maximum atomic E-state index is 11.6. The topological polar surface area (TPSA) is 67.2 Å². The number of anilines is 2. The molecule has 1 aliphatic carbocycles. The summed E-state index contributed by atoms with van der Waals surface area (Å²) in [5, 5.41) is 7.01. The normalized spacial score (nSPS) is 16.7. The number of rotatable bonds is 5. The van der Waals surface area contributed by atoms with E-state index < -0.39 is 0 Å². The number of carbonyl (C=O) groups excluding carboxylic acids is 1. The zero-order chi connectivity index (χ0) is 13.3. The molecule has 1 fully saturated rings. The van der Waals surface area contributed by atoms with Crippen molar-refractivity contribution < 1.29 is 4.79 Å². The number of hydrogen-bond acceptors (Lipinski definition) is 4. The van der Waals surface area contributed by atoms with Gasteiger partial charge in [-0.15, -0.1) is 11.3 Å². The molecule has 100 valence electrons. The van der Waals surface area contributed by atoms with Gasteiger partial charge in [-0.05, 0) is 30.2 Å². The number of amides is 1. The number of nitrogens with one attached hydrogen (secondary N) is 2. The Bertz CT molecular complexity index is 449. The Kier molecular flexibility index (Phi) is 3.52. The minimum absolute atomic E-state index is 0.115. The minimum atomic E-state index is -0.115. The molecule has 4 N–H and O–H groups in total. The molecule has 1 heterocycles. The van der Waals surface area contributed by atoms with Crippen LogP contribution in [0, 0.1) is 11.3 Å². The summed E-state index contributed by atoms with van der Waals surface area (Å²) >= 11 is 1.42. The fraction of sp³-hybridized carbons (Fsp3) is 0.615. The highest BCUT2D eigenvalue weighted by molar-refractivity contribution is 7.18. The zero-order valence-corrected chi connectivity index (χ0v) is 12.0. The van der Waals surface area contributed by atoms with Crippen LogP contribution in [0.1, 0.15) is 36.4 Å². The first-order valence-electron chi connectivity index (χ1n) is 6.34. The van der Waals surface area contributed by atoms with Gasteiger partial charge in [-0.1, -0.05) is 13.8 Å². The average Bonchev–Trinajstić information content (AvgIpc) is 3.05. The van der Waals surface area contributed by atoms with Crippen LogP contribution in [0.25, 0.3) is 0 Å². The van der Waals surface area contributed by atoms with Crippen molar-refractivity contribution in [2.75, 3.05) is 24.6 Å². The predicted molar refractivity (Wildman–Crippen MR) is 77.1 cm³/mol. The van der Waals surface area contributed by atoms with E-state index in [4.69, 9.17) is 5.73 Å². The van der Waals surface area contributed by atoms with Crippen LogP contribution in [-0.4, -0.2) is 19.5 Å². The van der Waals surface area contributed by atoms with E-state index in [1.165, 1.54) is 24.2 Å². The highest BCUT2D eigenvalue weighted by atomic mass is 32.1. The molecule has 1 saturated carbocycles. The quantitative estimate of drug-likeness (QED) is 0.768. The molecule has 0 aromatic carbocycles. The Morgan fingerprint density at radius 3 is 2.72 bits per heavy atom. The van der Waals surface area contributed by atoms with Gasteiger partial charge in [0.05, 0.1) is 10.7 Å². The van der Waals surface area contributed by atoms with E-state index in [9.17, 15) is 4.79 Å². The molecule has 0 atom stereocenters. The lowest BCUT2D eigenvalue weighted by Crippen LogP contribution is -2.20. The molecule has 0 aliphatic heterocycles. The lowest BCUT2D eigenvalue weighted by atomic mass is 9.92. The monoisotopic (exact) mass is 267 g/mol. The Morgan fingerprint density at radius 2 is 2.22 bits per heavy atom. The van der Waals surface area contributed by atoms with E-state index >= 15 is 0 Å². The van der Waals surface area contributed by atoms with Crippen LogP contribution in [0.5, 0.6) is 0 Å². The molecule has 4 nitrogen and oxygen atoms in total. The Morgan fingerprint density at radius 1 is 1.56 bits per heavy atom. The van der Waals surface area contributed by atoms with E-state index in [-0.39, 0.29) is 5.91 Å². The van der Waals surface area contributed by atoms with Crippen LogP contribution in [-0.2, 0) is 0 Å². The second kappa shape index (κ2) is 4.80. The first-order valence-corrected chi connectivity index (χ1v) is 7.15. The molecular formula is C13H21N3OS. The van der Waals surface area contributed by atoms with Crippen LogP contribution >= 0.6 is 11.3 Å². The molecule has 1 aromatic rings. The Labute approximate surface area is 112 Å². The van der Waals surface area contributed by atoms with E-state index in [2.05, 4.69) is 24.5 Å². The lowest BCUT2D eigenvalue weighted by molar-refractivity contribution is 0.0968.